The Bertz CT molecular complexity index is 494. The van der Waals surface area contributed by atoms with Crippen molar-refractivity contribution in [3.8, 4) is 5.69 Å². The van der Waals surface area contributed by atoms with E-state index in [9.17, 15) is 4.39 Å². The van der Waals surface area contributed by atoms with Crippen LogP contribution in [0.25, 0.3) is 5.69 Å². The third-order valence-corrected chi connectivity index (χ3v) is 2.44. The zero-order valence-corrected chi connectivity index (χ0v) is 9.02. The molecule has 1 aromatic carbocycles. The van der Waals surface area contributed by atoms with Crippen molar-refractivity contribution in [3.05, 3.63) is 47.8 Å². The van der Waals surface area contributed by atoms with Gasteiger partial charge in [0.2, 0.25) is 0 Å². The van der Waals surface area contributed by atoms with Crippen molar-refractivity contribution in [2.24, 2.45) is 0 Å². The molecular formula is C12H13FN2O. The molecule has 2 aromatic rings. The highest BCUT2D eigenvalue weighted by atomic mass is 19.1. The van der Waals surface area contributed by atoms with E-state index in [0.29, 0.717) is 11.3 Å². The van der Waals surface area contributed by atoms with Crippen LogP contribution in [0.2, 0.25) is 0 Å². The van der Waals surface area contributed by atoms with Crippen molar-refractivity contribution in [1.82, 2.24) is 9.55 Å². The molecule has 2 rings (SSSR count). The molecule has 0 fully saturated rings. The van der Waals surface area contributed by atoms with E-state index in [2.05, 4.69) is 4.98 Å². The predicted molar refractivity (Wildman–Crippen MR) is 58.8 cm³/mol. The molecule has 0 aliphatic carbocycles. The van der Waals surface area contributed by atoms with Gasteiger partial charge in [-0.05, 0) is 23.8 Å². The number of imidazole rings is 1. The fourth-order valence-corrected chi connectivity index (χ4v) is 1.69. The molecule has 3 nitrogen and oxygen atoms in total. The normalized spacial score (nSPS) is 10.7. The van der Waals surface area contributed by atoms with Gasteiger partial charge in [0.1, 0.15) is 11.6 Å². The van der Waals surface area contributed by atoms with Crippen molar-refractivity contribution in [1.29, 1.82) is 0 Å². The smallest absolute Gasteiger partial charge is 0.125 e. The summed E-state index contributed by atoms with van der Waals surface area (Å²) in [4.78, 5) is 4.17. The van der Waals surface area contributed by atoms with Gasteiger partial charge >= 0.3 is 0 Å². The second-order valence-corrected chi connectivity index (χ2v) is 3.54. The summed E-state index contributed by atoms with van der Waals surface area (Å²) in [5.41, 5.74) is 1.25. The molecule has 0 unspecified atom stereocenters. The fraction of sp³-hybridized carbons (Fsp3) is 0.250. The molecular weight excluding hydrogens is 207 g/mol. The van der Waals surface area contributed by atoms with E-state index in [0.717, 1.165) is 12.2 Å². The lowest BCUT2D eigenvalue weighted by molar-refractivity contribution is 0.281. The summed E-state index contributed by atoms with van der Waals surface area (Å²) in [6.45, 7) is 1.83. The molecule has 0 spiro atoms. The van der Waals surface area contributed by atoms with E-state index in [1.807, 2.05) is 11.5 Å². The van der Waals surface area contributed by atoms with Crippen LogP contribution in [0.5, 0.6) is 0 Å². The summed E-state index contributed by atoms with van der Waals surface area (Å²) in [6.07, 6.45) is 4.25. The van der Waals surface area contributed by atoms with E-state index in [-0.39, 0.29) is 12.4 Å². The summed E-state index contributed by atoms with van der Waals surface area (Å²) < 4.78 is 15.1. The average molecular weight is 220 g/mol. The molecule has 1 aromatic heterocycles. The maximum atomic E-state index is 13.3. The molecule has 0 atom stereocenters. The minimum Gasteiger partial charge on any atom is -0.392 e. The Morgan fingerprint density at radius 3 is 2.88 bits per heavy atom. The first-order valence-corrected chi connectivity index (χ1v) is 5.17. The van der Waals surface area contributed by atoms with E-state index in [1.54, 1.807) is 18.5 Å². The summed E-state index contributed by atoms with van der Waals surface area (Å²) in [6, 6.07) is 4.51. The van der Waals surface area contributed by atoms with Crippen LogP contribution >= 0.6 is 0 Å². The van der Waals surface area contributed by atoms with E-state index >= 15 is 0 Å². The Balaban J connectivity index is 2.51. The van der Waals surface area contributed by atoms with Crippen molar-refractivity contribution in [2.45, 2.75) is 20.0 Å². The van der Waals surface area contributed by atoms with Gasteiger partial charge in [-0.1, -0.05) is 6.92 Å². The van der Waals surface area contributed by atoms with Gasteiger partial charge < -0.3 is 9.67 Å². The Labute approximate surface area is 93.2 Å². The van der Waals surface area contributed by atoms with Crippen LogP contribution in [0.1, 0.15) is 18.3 Å². The highest BCUT2D eigenvalue weighted by molar-refractivity contribution is 5.37. The third-order valence-electron chi connectivity index (χ3n) is 2.44. The molecule has 1 heterocycles. The van der Waals surface area contributed by atoms with Gasteiger partial charge in [0.25, 0.3) is 0 Å². The Morgan fingerprint density at radius 2 is 2.19 bits per heavy atom. The zero-order valence-electron chi connectivity index (χ0n) is 9.02. The third kappa shape index (κ3) is 1.97. The molecule has 0 radical (unpaired) electrons. The molecule has 16 heavy (non-hydrogen) atoms. The van der Waals surface area contributed by atoms with Crippen LogP contribution in [0.15, 0.2) is 30.6 Å². The zero-order chi connectivity index (χ0) is 11.5. The quantitative estimate of drug-likeness (QED) is 0.859. The lowest BCUT2D eigenvalue weighted by Crippen LogP contribution is -2.00. The minimum absolute atomic E-state index is 0.166. The highest BCUT2D eigenvalue weighted by Gasteiger charge is 2.05. The van der Waals surface area contributed by atoms with Crippen molar-refractivity contribution in [3.63, 3.8) is 0 Å². The molecule has 84 valence electrons. The summed E-state index contributed by atoms with van der Waals surface area (Å²) in [5, 5.41) is 9.02. The number of benzene rings is 1. The first-order valence-electron chi connectivity index (χ1n) is 5.17. The van der Waals surface area contributed by atoms with Gasteiger partial charge in [-0.15, -0.1) is 0 Å². The lowest BCUT2D eigenvalue weighted by atomic mass is 10.2. The standard InChI is InChI=1S/C12H13FN2O/c1-2-12-14-3-4-15(12)11-6-9(8-16)5-10(13)7-11/h3-7,16H,2,8H2,1H3. The molecule has 0 aliphatic rings. The van der Waals surface area contributed by atoms with Gasteiger partial charge in [-0.3, -0.25) is 0 Å². The topological polar surface area (TPSA) is 38.0 Å². The highest BCUT2D eigenvalue weighted by Crippen LogP contribution is 2.15. The Morgan fingerprint density at radius 1 is 1.38 bits per heavy atom. The van der Waals surface area contributed by atoms with Gasteiger partial charge in [-0.2, -0.15) is 0 Å². The summed E-state index contributed by atoms with van der Waals surface area (Å²) in [5.74, 6) is 0.520. The van der Waals surface area contributed by atoms with Crippen molar-refractivity contribution >= 4 is 0 Å². The van der Waals surface area contributed by atoms with Crippen LogP contribution < -0.4 is 0 Å². The monoisotopic (exact) mass is 220 g/mol. The number of hydrogen-bond donors (Lipinski definition) is 1. The molecule has 0 saturated carbocycles. The van der Waals surface area contributed by atoms with Crippen molar-refractivity contribution < 1.29 is 9.50 Å². The van der Waals surface area contributed by atoms with Gasteiger partial charge in [0, 0.05) is 24.5 Å². The van der Waals surface area contributed by atoms with Crippen LogP contribution in [-0.2, 0) is 13.0 Å². The molecule has 0 amide bonds. The molecule has 4 heteroatoms. The number of aromatic nitrogens is 2. The number of rotatable bonds is 3. The maximum Gasteiger partial charge on any atom is 0.125 e. The SMILES string of the molecule is CCc1nccn1-c1cc(F)cc(CO)c1. The van der Waals surface area contributed by atoms with Crippen LogP contribution in [-0.4, -0.2) is 14.7 Å². The minimum atomic E-state index is -0.350. The fourth-order valence-electron chi connectivity index (χ4n) is 1.69. The molecule has 0 bridgehead atoms. The summed E-state index contributed by atoms with van der Waals surface area (Å²) in [7, 11) is 0. The first-order chi connectivity index (χ1) is 7.74. The lowest BCUT2D eigenvalue weighted by Gasteiger charge is -2.08. The molecule has 0 saturated heterocycles. The van der Waals surface area contributed by atoms with Gasteiger partial charge in [-0.25, -0.2) is 9.37 Å². The van der Waals surface area contributed by atoms with Crippen LogP contribution in [0.3, 0.4) is 0 Å². The molecule has 1 N–H and O–H groups in total. The van der Waals surface area contributed by atoms with Gasteiger partial charge in [0.15, 0.2) is 0 Å². The maximum absolute atomic E-state index is 13.3. The second kappa shape index (κ2) is 4.45. The molecule has 0 aliphatic heterocycles. The second-order valence-electron chi connectivity index (χ2n) is 3.54. The van der Waals surface area contributed by atoms with Crippen LogP contribution in [0, 0.1) is 5.82 Å². The number of halogens is 1. The van der Waals surface area contributed by atoms with Gasteiger partial charge in [0.05, 0.1) is 6.61 Å². The van der Waals surface area contributed by atoms with E-state index < -0.39 is 0 Å². The Kier molecular flexibility index (Phi) is 3.01. The van der Waals surface area contributed by atoms with Crippen molar-refractivity contribution in [2.75, 3.05) is 0 Å². The van der Waals surface area contributed by atoms with Crippen LogP contribution in [0.4, 0.5) is 4.39 Å². The Hall–Kier alpha value is -1.68. The summed E-state index contributed by atoms with van der Waals surface area (Å²) >= 11 is 0. The number of aliphatic hydroxyl groups is 1. The van der Waals surface area contributed by atoms with E-state index in [1.165, 1.54) is 12.1 Å². The first kappa shape index (κ1) is 10.8. The number of nitrogens with zero attached hydrogens (tertiary/aromatic N) is 2. The predicted octanol–water partition coefficient (Wildman–Crippen LogP) is 2.07. The van der Waals surface area contributed by atoms with E-state index in [4.69, 9.17) is 5.11 Å². The number of aryl methyl sites for hydroxylation is 1. The number of aliphatic hydroxyl groups excluding tert-OH is 1. The largest absolute Gasteiger partial charge is 0.392 e. The average Bonchev–Trinajstić information content (AvgIpc) is 2.76. The number of hydrogen-bond acceptors (Lipinski definition) is 2.